The molecular weight excluding hydrogens is 1520 g/mol. The van der Waals surface area contributed by atoms with Crippen molar-refractivity contribution in [1.82, 2.24) is 49.0 Å². The zero-order chi connectivity index (χ0) is 88.3. The zero-order valence-electron chi connectivity index (χ0n) is 80.1. The second-order valence-electron chi connectivity index (χ2n) is 44.1. The molecule has 0 spiro atoms. The Morgan fingerprint density at radius 1 is 0.320 bits per heavy atom. The van der Waals surface area contributed by atoms with E-state index in [1.54, 1.807) is 22.3 Å². The average Bonchev–Trinajstić information content (AvgIpc) is 1.48. The highest BCUT2D eigenvalue weighted by atomic mass is 19.4. The van der Waals surface area contributed by atoms with Crippen LogP contribution in [0, 0.1) is 0 Å². The molecule has 6 atom stereocenters. The number of halogens is 3. The first-order chi connectivity index (χ1) is 57.5. The number of nitrogens with zero attached hydrogens (tertiary/aromatic N) is 10. The van der Waals surface area contributed by atoms with E-state index >= 15 is 0 Å². The van der Waals surface area contributed by atoms with Gasteiger partial charge in [0, 0.05) is 97.6 Å². The van der Waals surface area contributed by atoms with Gasteiger partial charge in [-0.25, -0.2) is 4.79 Å². The molecule has 10 fully saturated rings. The highest BCUT2D eigenvalue weighted by Gasteiger charge is 2.43. The minimum absolute atomic E-state index is 0.137. The molecule has 0 saturated carbocycles. The van der Waals surface area contributed by atoms with Crippen LogP contribution in [-0.2, 0) is 9.53 Å². The van der Waals surface area contributed by atoms with E-state index in [2.05, 4.69) is 274 Å². The Hall–Kier alpha value is -5.69. The number of carbonyl (C=O) groups is 2. The van der Waals surface area contributed by atoms with Gasteiger partial charge in [-0.1, -0.05) is 121 Å². The van der Waals surface area contributed by atoms with Crippen molar-refractivity contribution in [3.05, 3.63) is 177 Å². The second kappa shape index (κ2) is 42.0. The number of rotatable bonds is 12. The standard InChI is InChI=1S/C24H38N2O2.C22H33F3N2.C20H30N2O.2C20H32N2/c1-23(2,3)26-15-9-12-21(26)20-11-8-7-10-19(20)18-13-16-25(17-14-18)22(27)28-24(4,5)6;1-21(2,3)27-13-6-9-20(27)19-8-5-4-7-18(19)17-10-14-26(15-11-17)16-12-22(23,24)25;1-20(2,3)22-12-7-10-18(22)17-9-6-5-8-16(17)15-11-13-21(4)19(23)14-15;2*1-20(2,3)22-13-7-10-19(22)18-9-6-5-8-17(18)16-11-14-21(4)15-12-16/h7-8,10-11,18,21H,9,12-17H2,1-6H3;4-5,7-8,17,20H,6,9-16H2,1-3H3;5-6,8-9,15,18H,7,10-14H2,1-4H3;2*5-6,8-9,16,19H,7,10-15H2,1-4H3/t;20-;15?,18-;2*19-/m.1110/s1. The van der Waals surface area contributed by atoms with Crippen molar-refractivity contribution in [2.24, 2.45) is 0 Å². The highest BCUT2D eigenvalue weighted by Crippen LogP contribution is 2.49. The fraction of sp³-hybridized carbons (Fsp3) is 0.698. The number of ether oxygens (including phenoxy) is 1. The summed E-state index contributed by atoms with van der Waals surface area (Å²) in [5, 5.41) is 0. The predicted molar refractivity (Wildman–Crippen MR) is 502 cm³/mol. The molecule has 13 nitrogen and oxygen atoms in total. The molecule has 0 aliphatic carbocycles. The lowest BCUT2D eigenvalue weighted by Crippen LogP contribution is -2.42. The summed E-state index contributed by atoms with van der Waals surface area (Å²) in [6.07, 6.45) is 18.8. The van der Waals surface area contributed by atoms with Gasteiger partial charge in [-0.2, -0.15) is 13.2 Å². The van der Waals surface area contributed by atoms with Crippen molar-refractivity contribution in [1.29, 1.82) is 0 Å². The number of hydrogen-bond donors (Lipinski definition) is 0. The van der Waals surface area contributed by atoms with Gasteiger partial charge in [-0.15, -0.1) is 0 Å². The summed E-state index contributed by atoms with van der Waals surface area (Å²) in [6.45, 7) is 55.8. The van der Waals surface area contributed by atoms with Gasteiger partial charge in [0.15, 0.2) is 0 Å². The van der Waals surface area contributed by atoms with Crippen LogP contribution >= 0.6 is 0 Å². The summed E-state index contributed by atoms with van der Waals surface area (Å²) in [5.41, 5.74) is 15.9. The van der Waals surface area contributed by atoms with Crippen molar-refractivity contribution in [2.45, 2.75) is 359 Å². The number of hydrogen-bond acceptors (Lipinski definition) is 11. The third kappa shape index (κ3) is 26.1. The van der Waals surface area contributed by atoms with Gasteiger partial charge in [-0.05, 0) is 418 Å². The SMILES string of the molecule is CC(C)(C)N1CCC[C@@H]1c1ccccc1C1CCN(CCC(F)(F)F)CC1.CC(C)(C)OC(=O)N1CCC(c2ccccc2C2CCCN2C(C)(C)C)CC1.CN1CCC(c2ccccc2[C@@H]2CCCN2C(C)(C)C)CC1.CN1CCC(c2ccccc2[C@H]2CCCN2C(C)(C)C)CC1.CN1CCC(c2ccccc2[C@H]2CCCN2C(C)(C)C)CC1=O. The largest absolute Gasteiger partial charge is 0.444 e. The number of piperidine rings is 5. The van der Waals surface area contributed by atoms with Crippen LogP contribution in [0.2, 0.25) is 0 Å². The molecular formula is C106H165F3N10O3. The fourth-order valence-corrected chi connectivity index (χ4v) is 22.7. The first-order valence-corrected chi connectivity index (χ1v) is 48.2. The Bertz CT molecular complexity index is 3980. The summed E-state index contributed by atoms with van der Waals surface area (Å²) in [5.74, 6) is 3.18. The number of amides is 2. The van der Waals surface area contributed by atoms with Gasteiger partial charge in [0.1, 0.15) is 5.60 Å². The molecule has 0 aromatic heterocycles. The van der Waals surface area contributed by atoms with Crippen LogP contribution < -0.4 is 0 Å². The van der Waals surface area contributed by atoms with Gasteiger partial charge in [0.2, 0.25) is 5.91 Å². The van der Waals surface area contributed by atoms with Gasteiger partial charge >= 0.3 is 12.3 Å². The zero-order valence-corrected chi connectivity index (χ0v) is 80.1. The maximum atomic E-state index is 12.5. The number of carbonyl (C=O) groups excluding carboxylic acids is 2. The average molecular weight is 1680 g/mol. The summed E-state index contributed by atoms with van der Waals surface area (Å²) >= 11 is 0. The van der Waals surface area contributed by atoms with Gasteiger partial charge in [-0.3, -0.25) is 29.3 Å². The third-order valence-electron chi connectivity index (χ3n) is 29.1. The van der Waals surface area contributed by atoms with Crippen LogP contribution in [0.3, 0.4) is 0 Å². The van der Waals surface area contributed by atoms with Gasteiger partial charge < -0.3 is 29.2 Å². The Morgan fingerprint density at radius 2 is 0.557 bits per heavy atom. The Balaban J connectivity index is 0.000000149. The van der Waals surface area contributed by atoms with E-state index < -0.39 is 18.2 Å². The first-order valence-electron chi connectivity index (χ1n) is 48.2. The normalized spacial score (nSPS) is 24.8. The quantitative estimate of drug-likeness (QED) is 0.120. The summed E-state index contributed by atoms with van der Waals surface area (Å²) in [4.78, 5) is 48.6. The van der Waals surface area contributed by atoms with Crippen LogP contribution in [-0.4, -0.2) is 220 Å². The molecule has 2 amide bonds. The molecule has 2 unspecified atom stereocenters. The maximum Gasteiger partial charge on any atom is 0.410 e. The molecule has 5 aromatic rings. The highest BCUT2D eigenvalue weighted by molar-refractivity contribution is 5.78. The molecule has 16 heteroatoms. The van der Waals surface area contributed by atoms with E-state index in [1.165, 1.54) is 176 Å². The summed E-state index contributed by atoms with van der Waals surface area (Å²) in [6, 6.07) is 48.0. The molecule has 0 N–H and O–H groups in total. The molecule has 0 radical (unpaired) electrons. The second-order valence-corrected chi connectivity index (χ2v) is 44.1. The van der Waals surface area contributed by atoms with E-state index in [-0.39, 0.29) is 46.2 Å². The molecule has 122 heavy (non-hydrogen) atoms. The molecule has 10 heterocycles. The smallest absolute Gasteiger partial charge is 0.410 e. The van der Waals surface area contributed by atoms with Crippen molar-refractivity contribution >= 4 is 12.0 Å². The van der Waals surface area contributed by atoms with Crippen molar-refractivity contribution in [3.63, 3.8) is 0 Å². The molecule has 5 aromatic carbocycles. The summed E-state index contributed by atoms with van der Waals surface area (Å²) < 4.78 is 43.0. The molecule has 678 valence electrons. The first kappa shape index (κ1) is 96.9. The van der Waals surface area contributed by atoms with E-state index in [1.807, 2.05) is 42.5 Å². The lowest BCUT2D eigenvalue weighted by atomic mass is 9.83. The Kier molecular flexibility index (Phi) is 33.4. The van der Waals surface area contributed by atoms with E-state index in [0.717, 1.165) is 83.2 Å². The number of alkyl halides is 3. The lowest BCUT2D eigenvalue weighted by Gasteiger charge is -2.39. The minimum atomic E-state index is -4.05. The monoisotopic (exact) mass is 1680 g/mol. The molecule has 10 aliphatic rings. The van der Waals surface area contributed by atoms with E-state index in [0.29, 0.717) is 54.4 Å². The maximum absolute atomic E-state index is 12.5. The van der Waals surface area contributed by atoms with Crippen LogP contribution in [0.15, 0.2) is 121 Å². The third-order valence-corrected chi connectivity index (χ3v) is 29.1. The predicted octanol–water partition coefficient (Wildman–Crippen LogP) is 24.3. The van der Waals surface area contributed by atoms with Crippen LogP contribution in [0.4, 0.5) is 18.0 Å². The lowest BCUT2D eigenvalue weighted by molar-refractivity contribution is -0.138. The van der Waals surface area contributed by atoms with Crippen molar-refractivity contribution in [3.8, 4) is 0 Å². The minimum Gasteiger partial charge on any atom is -0.444 e. The molecule has 0 bridgehead atoms. The topological polar surface area (TPSA) is 75.8 Å². The van der Waals surface area contributed by atoms with Crippen LogP contribution in [0.25, 0.3) is 0 Å². The van der Waals surface area contributed by atoms with Crippen LogP contribution in [0.1, 0.15) is 375 Å². The molecule has 15 rings (SSSR count). The van der Waals surface area contributed by atoms with Crippen molar-refractivity contribution < 1.29 is 27.5 Å². The molecule has 10 saturated heterocycles. The van der Waals surface area contributed by atoms with E-state index in [9.17, 15) is 22.8 Å². The van der Waals surface area contributed by atoms with Crippen molar-refractivity contribution in [2.75, 3.05) is 119 Å². The number of benzene rings is 5. The van der Waals surface area contributed by atoms with Crippen LogP contribution in [0.5, 0.6) is 0 Å². The fourth-order valence-electron chi connectivity index (χ4n) is 22.7. The van der Waals surface area contributed by atoms with Gasteiger partial charge in [0.05, 0.1) is 6.42 Å². The van der Waals surface area contributed by atoms with Gasteiger partial charge in [0.25, 0.3) is 0 Å². The summed E-state index contributed by atoms with van der Waals surface area (Å²) in [7, 11) is 6.42. The number of likely N-dealkylation sites (tertiary alicyclic amines) is 10. The Labute approximate surface area is 739 Å². The molecule has 10 aliphatic heterocycles. The van der Waals surface area contributed by atoms with E-state index in [4.69, 9.17) is 4.74 Å². The Morgan fingerprint density at radius 3 is 0.803 bits per heavy atom.